The van der Waals surface area contributed by atoms with E-state index in [1.807, 2.05) is 24.3 Å². The first-order chi connectivity index (χ1) is 10.3. The second-order valence-corrected chi connectivity index (χ2v) is 6.26. The van der Waals surface area contributed by atoms with E-state index >= 15 is 0 Å². The van der Waals surface area contributed by atoms with Crippen molar-refractivity contribution in [2.24, 2.45) is 0 Å². The third kappa shape index (κ3) is 4.78. The second-order valence-electron chi connectivity index (χ2n) is 5.23. The third-order valence-electron chi connectivity index (χ3n) is 3.61. The summed E-state index contributed by atoms with van der Waals surface area (Å²) >= 11 is 1.74. The Balaban J connectivity index is 0.00000176. The normalized spacial score (nSPS) is 23.8. The molecule has 122 valence electrons. The van der Waals surface area contributed by atoms with Crippen LogP contribution in [0, 0.1) is 0 Å². The molecule has 2 aliphatic rings. The van der Waals surface area contributed by atoms with Crippen molar-refractivity contribution in [3.8, 4) is 5.75 Å². The number of carbonyl (C=O) groups excluding carboxylic acids is 1. The summed E-state index contributed by atoms with van der Waals surface area (Å²) in [5, 5.41) is 6.07. The van der Waals surface area contributed by atoms with Crippen LogP contribution in [0.4, 0.5) is 5.69 Å². The first-order valence-electron chi connectivity index (χ1n) is 7.28. The van der Waals surface area contributed by atoms with Gasteiger partial charge in [0.05, 0.1) is 12.1 Å². The number of halogens is 1. The molecular formula is C15H21ClN2O3S. The lowest BCUT2D eigenvalue weighted by Gasteiger charge is -2.13. The minimum absolute atomic E-state index is 0. The van der Waals surface area contributed by atoms with Gasteiger partial charge in [0.1, 0.15) is 12.4 Å². The van der Waals surface area contributed by atoms with Crippen molar-refractivity contribution >= 4 is 35.8 Å². The largest absolute Gasteiger partial charge is 0.491 e. The smallest absolute Gasteiger partial charge is 0.242 e. The molecule has 2 unspecified atom stereocenters. The molecule has 1 amide bonds. The van der Waals surface area contributed by atoms with Crippen molar-refractivity contribution in [1.29, 1.82) is 0 Å². The summed E-state index contributed by atoms with van der Waals surface area (Å²) in [7, 11) is 0. The van der Waals surface area contributed by atoms with Gasteiger partial charge >= 0.3 is 0 Å². The molecule has 5 nitrogen and oxygen atoms in total. The van der Waals surface area contributed by atoms with E-state index in [-0.39, 0.29) is 30.5 Å². The van der Waals surface area contributed by atoms with Crippen LogP contribution >= 0.6 is 24.2 Å². The van der Waals surface area contributed by atoms with Crippen molar-refractivity contribution in [2.75, 3.05) is 30.2 Å². The zero-order valence-corrected chi connectivity index (χ0v) is 13.9. The van der Waals surface area contributed by atoms with Gasteiger partial charge in [-0.15, -0.1) is 24.2 Å². The molecular weight excluding hydrogens is 324 g/mol. The number of hydrogen-bond acceptors (Lipinski definition) is 5. The standard InChI is InChI=1S/C15H20N2O3S.ClH/c18-15(14-9-21-10-16-14)17-11-3-5-12(6-4-11)20-8-13-2-1-7-19-13;/h3-6,13-14,16H,1-2,7-10H2,(H,17,18);1H. The summed E-state index contributed by atoms with van der Waals surface area (Å²) in [4.78, 5) is 12.0. The molecule has 0 spiro atoms. The Morgan fingerprint density at radius 2 is 2.23 bits per heavy atom. The van der Waals surface area contributed by atoms with Crippen LogP contribution in [0.2, 0.25) is 0 Å². The topological polar surface area (TPSA) is 59.6 Å². The Kier molecular flexibility index (Phi) is 6.82. The maximum atomic E-state index is 12.0. The number of rotatable bonds is 5. The Morgan fingerprint density at radius 1 is 1.41 bits per heavy atom. The van der Waals surface area contributed by atoms with E-state index in [1.54, 1.807) is 11.8 Å². The fraction of sp³-hybridized carbons (Fsp3) is 0.533. The molecule has 0 aromatic heterocycles. The highest BCUT2D eigenvalue weighted by Crippen LogP contribution is 2.19. The molecule has 3 rings (SSSR count). The fourth-order valence-corrected chi connectivity index (χ4v) is 3.33. The third-order valence-corrected chi connectivity index (χ3v) is 4.55. The van der Waals surface area contributed by atoms with Gasteiger partial charge in [0.25, 0.3) is 0 Å². The highest BCUT2D eigenvalue weighted by atomic mass is 35.5. The average Bonchev–Trinajstić information content (AvgIpc) is 3.20. The van der Waals surface area contributed by atoms with E-state index in [0.717, 1.165) is 42.5 Å². The van der Waals surface area contributed by atoms with Crippen LogP contribution in [0.1, 0.15) is 12.8 Å². The Morgan fingerprint density at radius 3 is 2.86 bits per heavy atom. The Labute approximate surface area is 140 Å². The highest BCUT2D eigenvalue weighted by Gasteiger charge is 2.22. The van der Waals surface area contributed by atoms with Crippen molar-refractivity contribution < 1.29 is 14.3 Å². The molecule has 0 bridgehead atoms. The highest BCUT2D eigenvalue weighted by molar-refractivity contribution is 7.99. The molecule has 0 aliphatic carbocycles. The zero-order chi connectivity index (χ0) is 14.5. The summed E-state index contributed by atoms with van der Waals surface area (Å²) < 4.78 is 11.2. The number of ether oxygens (including phenoxy) is 2. The molecule has 22 heavy (non-hydrogen) atoms. The lowest BCUT2D eigenvalue weighted by molar-refractivity contribution is -0.117. The SMILES string of the molecule is Cl.O=C(Nc1ccc(OCC2CCCO2)cc1)C1CSCN1. The maximum Gasteiger partial charge on any atom is 0.242 e. The Hall–Kier alpha value is -0.950. The molecule has 2 fully saturated rings. The lowest BCUT2D eigenvalue weighted by atomic mass is 10.2. The maximum absolute atomic E-state index is 12.0. The molecule has 1 aromatic rings. The van der Waals surface area contributed by atoms with Gasteiger partial charge in [-0.25, -0.2) is 0 Å². The summed E-state index contributed by atoms with van der Waals surface area (Å²) in [6.45, 7) is 1.43. The summed E-state index contributed by atoms with van der Waals surface area (Å²) in [5.41, 5.74) is 0.795. The van der Waals surface area contributed by atoms with Gasteiger partial charge in [-0.1, -0.05) is 0 Å². The number of anilines is 1. The molecule has 2 aliphatic heterocycles. The van der Waals surface area contributed by atoms with Gasteiger partial charge in [-0.3, -0.25) is 10.1 Å². The monoisotopic (exact) mass is 344 g/mol. The quantitative estimate of drug-likeness (QED) is 0.858. The predicted octanol–water partition coefficient (Wildman–Crippen LogP) is 2.27. The van der Waals surface area contributed by atoms with Crippen LogP contribution in [0.5, 0.6) is 5.75 Å². The molecule has 0 saturated carbocycles. The van der Waals surface area contributed by atoms with E-state index in [0.29, 0.717) is 6.61 Å². The van der Waals surface area contributed by atoms with Crippen molar-refractivity contribution in [2.45, 2.75) is 25.0 Å². The average molecular weight is 345 g/mol. The summed E-state index contributed by atoms with van der Waals surface area (Å²) in [6.07, 6.45) is 2.41. The zero-order valence-electron chi connectivity index (χ0n) is 12.2. The van der Waals surface area contributed by atoms with E-state index in [9.17, 15) is 4.79 Å². The molecule has 1 aromatic carbocycles. The van der Waals surface area contributed by atoms with Crippen LogP contribution in [-0.2, 0) is 9.53 Å². The second kappa shape index (κ2) is 8.62. The predicted molar refractivity (Wildman–Crippen MR) is 91.0 cm³/mol. The van der Waals surface area contributed by atoms with Crippen molar-refractivity contribution in [1.82, 2.24) is 5.32 Å². The first-order valence-corrected chi connectivity index (χ1v) is 8.43. The number of carbonyl (C=O) groups is 1. The molecule has 2 heterocycles. The van der Waals surface area contributed by atoms with Crippen LogP contribution < -0.4 is 15.4 Å². The molecule has 7 heteroatoms. The van der Waals surface area contributed by atoms with Crippen LogP contribution in [0.3, 0.4) is 0 Å². The van der Waals surface area contributed by atoms with Gasteiger partial charge < -0.3 is 14.8 Å². The molecule has 2 atom stereocenters. The fourth-order valence-electron chi connectivity index (χ4n) is 2.39. The number of hydrogen-bond donors (Lipinski definition) is 2. The van der Waals surface area contributed by atoms with E-state index in [4.69, 9.17) is 9.47 Å². The van der Waals surface area contributed by atoms with Crippen LogP contribution in [0.15, 0.2) is 24.3 Å². The van der Waals surface area contributed by atoms with Gasteiger partial charge in [0.15, 0.2) is 0 Å². The molecule has 0 radical (unpaired) electrons. The molecule has 2 N–H and O–H groups in total. The van der Waals surface area contributed by atoms with Crippen LogP contribution in [0.25, 0.3) is 0 Å². The van der Waals surface area contributed by atoms with Crippen molar-refractivity contribution in [3.05, 3.63) is 24.3 Å². The number of thioether (sulfide) groups is 1. The van der Waals surface area contributed by atoms with Gasteiger partial charge in [-0.05, 0) is 37.1 Å². The van der Waals surface area contributed by atoms with Crippen molar-refractivity contribution in [3.63, 3.8) is 0 Å². The van der Waals surface area contributed by atoms with E-state index in [1.165, 1.54) is 0 Å². The summed E-state index contributed by atoms with van der Waals surface area (Å²) in [6, 6.07) is 7.39. The summed E-state index contributed by atoms with van der Waals surface area (Å²) in [5.74, 6) is 2.49. The van der Waals surface area contributed by atoms with Gasteiger partial charge in [0, 0.05) is 23.9 Å². The Bertz CT molecular complexity index is 474. The molecule has 2 saturated heterocycles. The number of amides is 1. The van der Waals surface area contributed by atoms with E-state index < -0.39 is 0 Å². The van der Waals surface area contributed by atoms with Gasteiger partial charge in [-0.2, -0.15) is 0 Å². The minimum atomic E-state index is -0.0922. The first kappa shape index (κ1) is 17.4. The lowest BCUT2D eigenvalue weighted by Crippen LogP contribution is -2.37. The number of benzene rings is 1. The van der Waals surface area contributed by atoms with Gasteiger partial charge in [0.2, 0.25) is 5.91 Å². The minimum Gasteiger partial charge on any atom is -0.491 e. The van der Waals surface area contributed by atoms with E-state index in [2.05, 4.69) is 10.6 Å². The van der Waals surface area contributed by atoms with Crippen LogP contribution in [-0.4, -0.2) is 42.9 Å². The number of nitrogens with one attached hydrogen (secondary N) is 2.